The van der Waals surface area contributed by atoms with E-state index in [2.05, 4.69) is 46.9 Å². The number of ether oxygens (including phenoxy) is 2. The third kappa shape index (κ3) is 4.23. The molecule has 20 heavy (non-hydrogen) atoms. The van der Waals surface area contributed by atoms with Gasteiger partial charge in [-0.3, -0.25) is 0 Å². The predicted molar refractivity (Wildman–Crippen MR) is 86.7 cm³/mol. The predicted octanol–water partition coefficient (Wildman–Crippen LogP) is 3.90. The van der Waals surface area contributed by atoms with Crippen LogP contribution in [0.1, 0.15) is 6.92 Å². The number of rotatable bonds is 5. The molecule has 104 valence electrons. The molecule has 4 heteroatoms. The minimum Gasteiger partial charge on any atom is -0.482 e. The zero-order valence-electron chi connectivity index (χ0n) is 11.1. The molecule has 0 bridgehead atoms. The van der Waals surface area contributed by atoms with E-state index in [4.69, 9.17) is 9.47 Å². The zero-order valence-corrected chi connectivity index (χ0v) is 13.3. The summed E-state index contributed by atoms with van der Waals surface area (Å²) < 4.78 is 11.4. The number of benzene rings is 2. The summed E-state index contributed by atoms with van der Waals surface area (Å²) in [6.07, 6.45) is 0. The van der Waals surface area contributed by atoms with E-state index in [1.807, 2.05) is 24.3 Å². The van der Waals surface area contributed by atoms with Gasteiger partial charge >= 0.3 is 5.97 Å². The first-order chi connectivity index (χ1) is 9.69. The van der Waals surface area contributed by atoms with Gasteiger partial charge < -0.3 is 9.47 Å². The molecule has 0 N–H and O–H groups in total. The summed E-state index contributed by atoms with van der Waals surface area (Å²) in [5, 5.41) is 0. The lowest BCUT2D eigenvalue weighted by atomic mass is 10.1. The summed E-state index contributed by atoms with van der Waals surface area (Å²) in [5.41, 5.74) is 2.27. The van der Waals surface area contributed by atoms with Crippen LogP contribution >= 0.6 is 22.6 Å². The summed E-state index contributed by atoms with van der Waals surface area (Å²) in [7, 11) is 0. The third-order valence-electron chi connectivity index (χ3n) is 2.69. The normalized spacial score (nSPS) is 10.1. The molecule has 0 aliphatic carbocycles. The molecule has 0 saturated heterocycles. The average molecular weight is 382 g/mol. The summed E-state index contributed by atoms with van der Waals surface area (Å²) in [5.74, 6) is 0.307. The largest absolute Gasteiger partial charge is 0.482 e. The summed E-state index contributed by atoms with van der Waals surface area (Å²) in [6.45, 7) is 2.08. The van der Waals surface area contributed by atoms with Crippen molar-refractivity contribution in [3.05, 3.63) is 52.1 Å². The summed E-state index contributed by atoms with van der Waals surface area (Å²) in [6, 6.07) is 16.0. The molecule has 0 fully saturated rings. The van der Waals surface area contributed by atoms with Gasteiger partial charge in [0.1, 0.15) is 5.75 Å². The third-order valence-corrected chi connectivity index (χ3v) is 3.41. The Balaban J connectivity index is 1.99. The Morgan fingerprint density at radius 3 is 2.10 bits per heavy atom. The smallest absolute Gasteiger partial charge is 0.344 e. The van der Waals surface area contributed by atoms with E-state index in [9.17, 15) is 4.79 Å². The van der Waals surface area contributed by atoms with Crippen molar-refractivity contribution in [2.75, 3.05) is 13.2 Å². The van der Waals surface area contributed by atoms with Crippen LogP contribution in [0.15, 0.2) is 48.5 Å². The van der Waals surface area contributed by atoms with Crippen molar-refractivity contribution in [1.29, 1.82) is 0 Å². The van der Waals surface area contributed by atoms with Crippen molar-refractivity contribution in [3.63, 3.8) is 0 Å². The van der Waals surface area contributed by atoms with Gasteiger partial charge in [-0.05, 0) is 64.9 Å². The molecule has 0 unspecified atom stereocenters. The lowest BCUT2D eigenvalue weighted by Gasteiger charge is -2.07. The molecule has 0 heterocycles. The Kier molecular flexibility index (Phi) is 5.40. The van der Waals surface area contributed by atoms with E-state index >= 15 is 0 Å². The molecular weight excluding hydrogens is 367 g/mol. The summed E-state index contributed by atoms with van der Waals surface area (Å²) in [4.78, 5) is 11.2. The molecule has 0 amide bonds. The fraction of sp³-hybridized carbons (Fsp3) is 0.188. The highest BCUT2D eigenvalue weighted by atomic mass is 127. The van der Waals surface area contributed by atoms with Gasteiger partial charge in [-0.25, -0.2) is 4.79 Å². The molecule has 3 nitrogen and oxygen atoms in total. The van der Waals surface area contributed by atoms with Crippen LogP contribution in [-0.4, -0.2) is 19.2 Å². The highest BCUT2D eigenvalue weighted by molar-refractivity contribution is 14.1. The van der Waals surface area contributed by atoms with E-state index in [1.54, 1.807) is 6.92 Å². The van der Waals surface area contributed by atoms with Crippen LogP contribution in [0.25, 0.3) is 11.1 Å². The second kappa shape index (κ2) is 7.28. The number of hydrogen-bond acceptors (Lipinski definition) is 3. The first kappa shape index (κ1) is 14.8. The van der Waals surface area contributed by atoms with Gasteiger partial charge in [-0.15, -0.1) is 0 Å². The van der Waals surface area contributed by atoms with Gasteiger partial charge in [0, 0.05) is 3.57 Å². The Bertz CT molecular complexity index is 561. The standard InChI is InChI=1S/C16H15IO3/c1-2-19-16(18)11-20-15-9-5-13(6-10-15)12-3-7-14(17)8-4-12/h3-10H,2,11H2,1H3. The quantitative estimate of drug-likeness (QED) is 0.581. The summed E-state index contributed by atoms with van der Waals surface area (Å²) >= 11 is 2.28. The Labute approximate surface area is 132 Å². The maximum absolute atomic E-state index is 11.2. The first-order valence-corrected chi connectivity index (χ1v) is 7.41. The maximum atomic E-state index is 11.2. The minimum atomic E-state index is -0.353. The second-order valence-corrected chi connectivity index (χ2v) is 5.37. The van der Waals surface area contributed by atoms with Crippen LogP contribution in [0, 0.1) is 3.57 Å². The molecular formula is C16H15IO3. The van der Waals surface area contributed by atoms with Crippen LogP contribution in [-0.2, 0) is 9.53 Å². The van der Waals surface area contributed by atoms with E-state index in [0.29, 0.717) is 12.4 Å². The van der Waals surface area contributed by atoms with Gasteiger partial charge in [-0.2, -0.15) is 0 Å². The number of halogens is 1. The lowest BCUT2D eigenvalue weighted by Crippen LogP contribution is -2.14. The monoisotopic (exact) mass is 382 g/mol. The number of carbonyl (C=O) groups excluding carboxylic acids is 1. The fourth-order valence-electron chi connectivity index (χ4n) is 1.73. The van der Waals surface area contributed by atoms with Gasteiger partial charge in [0.2, 0.25) is 0 Å². The average Bonchev–Trinajstić information content (AvgIpc) is 2.47. The zero-order chi connectivity index (χ0) is 14.4. The minimum absolute atomic E-state index is 0.0588. The van der Waals surface area contributed by atoms with Crippen LogP contribution in [0.5, 0.6) is 5.75 Å². The first-order valence-electron chi connectivity index (χ1n) is 6.33. The molecule has 2 rings (SSSR count). The van der Waals surface area contributed by atoms with Crippen LogP contribution in [0.2, 0.25) is 0 Å². The van der Waals surface area contributed by atoms with Gasteiger partial charge in [0.15, 0.2) is 6.61 Å². The van der Waals surface area contributed by atoms with Crippen molar-refractivity contribution in [2.45, 2.75) is 6.92 Å². The van der Waals surface area contributed by atoms with Gasteiger partial charge in [0.25, 0.3) is 0 Å². The fourth-order valence-corrected chi connectivity index (χ4v) is 2.09. The molecule has 0 radical (unpaired) electrons. The molecule has 0 saturated carbocycles. The number of hydrogen-bond donors (Lipinski definition) is 0. The van der Waals surface area contributed by atoms with E-state index in [1.165, 1.54) is 3.57 Å². The highest BCUT2D eigenvalue weighted by Crippen LogP contribution is 2.23. The van der Waals surface area contributed by atoms with Crippen molar-refractivity contribution in [1.82, 2.24) is 0 Å². The van der Waals surface area contributed by atoms with Crippen LogP contribution < -0.4 is 4.74 Å². The maximum Gasteiger partial charge on any atom is 0.344 e. The lowest BCUT2D eigenvalue weighted by molar-refractivity contribution is -0.145. The Morgan fingerprint density at radius 1 is 1.00 bits per heavy atom. The SMILES string of the molecule is CCOC(=O)COc1ccc(-c2ccc(I)cc2)cc1. The molecule has 2 aromatic carbocycles. The topological polar surface area (TPSA) is 35.5 Å². The Hall–Kier alpha value is -1.56. The number of esters is 1. The van der Waals surface area contributed by atoms with Crippen LogP contribution in [0.3, 0.4) is 0 Å². The van der Waals surface area contributed by atoms with Gasteiger partial charge in [0.05, 0.1) is 6.61 Å². The molecule has 2 aromatic rings. The van der Waals surface area contributed by atoms with E-state index in [-0.39, 0.29) is 12.6 Å². The van der Waals surface area contributed by atoms with Crippen LogP contribution in [0.4, 0.5) is 0 Å². The molecule has 0 spiro atoms. The van der Waals surface area contributed by atoms with E-state index < -0.39 is 0 Å². The van der Waals surface area contributed by atoms with Crippen molar-refractivity contribution in [2.24, 2.45) is 0 Å². The van der Waals surface area contributed by atoms with Gasteiger partial charge in [-0.1, -0.05) is 24.3 Å². The molecule has 0 atom stereocenters. The number of carbonyl (C=O) groups is 1. The second-order valence-electron chi connectivity index (χ2n) is 4.12. The Morgan fingerprint density at radius 2 is 1.55 bits per heavy atom. The molecule has 0 aliphatic rings. The molecule has 0 aliphatic heterocycles. The highest BCUT2D eigenvalue weighted by Gasteiger charge is 2.03. The van der Waals surface area contributed by atoms with Crippen molar-refractivity contribution >= 4 is 28.6 Å². The van der Waals surface area contributed by atoms with Crippen molar-refractivity contribution in [3.8, 4) is 16.9 Å². The van der Waals surface area contributed by atoms with E-state index in [0.717, 1.165) is 11.1 Å². The molecule has 0 aromatic heterocycles. The van der Waals surface area contributed by atoms with Crippen molar-refractivity contribution < 1.29 is 14.3 Å².